The molecule has 1 fully saturated rings. The number of aryl methyl sites for hydroxylation is 2. The van der Waals surface area contributed by atoms with E-state index in [1.165, 1.54) is 0 Å². The Balaban J connectivity index is 1.92. The summed E-state index contributed by atoms with van der Waals surface area (Å²) in [5, 5.41) is 23.7. The van der Waals surface area contributed by atoms with Crippen molar-refractivity contribution in [2.24, 2.45) is 0 Å². The van der Waals surface area contributed by atoms with Crippen LogP contribution in [0.5, 0.6) is 0 Å². The summed E-state index contributed by atoms with van der Waals surface area (Å²) >= 11 is 0. The fourth-order valence-corrected chi connectivity index (χ4v) is 4.50. The summed E-state index contributed by atoms with van der Waals surface area (Å²) in [6.07, 6.45) is 1.88. The SMILES string of the molecule is CCC(C)(C)n1nnnc1[C@@H](c1cc2cc(C)cc(C)c2[nH]c1=O)N1CCC(O)CC1. The van der Waals surface area contributed by atoms with Crippen molar-refractivity contribution in [3.8, 4) is 0 Å². The molecule has 2 aromatic heterocycles. The first-order valence-corrected chi connectivity index (χ1v) is 11.1. The molecule has 1 aliphatic heterocycles. The minimum absolute atomic E-state index is 0.126. The first kappa shape index (κ1) is 21.6. The van der Waals surface area contributed by atoms with Gasteiger partial charge in [-0.1, -0.05) is 18.6 Å². The maximum atomic E-state index is 13.3. The lowest BCUT2D eigenvalue weighted by Crippen LogP contribution is -2.43. The Kier molecular flexibility index (Phi) is 5.70. The molecule has 2 N–H and O–H groups in total. The Hall–Kier alpha value is -2.58. The molecule has 0 aliphatic carbocycles. The van der Waals surface area contributed by atoms with Crippen molar-refractivity contribution in [3.63, 3.8) is 0 Å². The van der Waals surface area contributed by atoms with Crippen LogP contribution in [-0.2, 0) is 5.54 Å². The third-order valence-electron chi connectivity index (χ3n) is 6.66. The Morgan fingerprint density at radius 3 is 2.61 bits per heavy atom. The van der Waals surface area contributed by atoms with Gasteiger partial charge in [0.2, 0.25) is 0 Å². The molecular weight excluding hydrogens is 392 g/mol. The van der Waals surface area contributed by atoms with E-state index < -0.39 is 0 Å². The van der Waals surface area contributed by atoms with E-state index in [2.05, 4.69) is 65.2 Å². The molecule has 1 atom stereocenters. The number of H-pyrrole nitrogens is 1. The predicted molar refractivity (Wildman–Crippen MR) is 120 cm³/mol. The van der Waals surface area contributed by atoms with Crippen molar-refractivity contribution < 1.29 is 5.11 Å². The predicted octanol–water partition coefficient (Wildman–Crippen LogP) is 2.82. The number of fused-ring (bicyclic) bond motifs is 1. The van der Waals surface area contributed by atoms with Crippen molar-refractivity contribution in [1.82, 2.24) is 30.1 Å². The number of rotatable bonds is 5. The highest BCUT2D eigenvalue weighted by Gasteiger charge is 2.35. The van der Waals surface area contributed by atoms with Gasteiger partial charge in [-0.25, -0.2) is 4.68 Å². The van der Waals surface area contributed by atoms with Gasteiger partial charge in [-0.2, -0.15) is 0 Å². The zero-order valence-corrected chi connectivity index (χ0v) is 19.0. The normalized spacial score (nSPS) is 17.4. The van der Waals surface area contributed by atoms with Crippen LogP contribution in [0.1, 0.15) is 68.6 Å². The first-order valence-electron chi connectivity index (χ1n) is 11.1. The Labute approximate surface area is 182 Å². The van der Waals surface area contributed by atoms with E-state index in [0.29, 0.717) is 37.3 Å². The number of nitrogens with zero attached hydrogens (tertiary/aromatic N) is 5. The van der Waals surface area contributed by atoms with Crippen LogP contribution in [-0.4, -0.2) is 54.4 Å². The molecule has 1 aromatic carbocycles. The number of likely N-dealkylation sites (tertiary alicyclic amines) is 1. The van der Waals surface area contributed by atoms with Crippen LogP contribution in [0, 0.1) is 13.8 Å². The van der Waals surface area contributed by atoms with Crippen LogP contribution >= 0.6 is 0 Å². The summed E-state index contributed by atoms with van der Waals surface area (Å²) in [4.78, 5) is 18.7. The van der Waals surface area contributed by atoms with Crippen LogP contribution in [0.2, 0.25) is 0 Å². The van der Waals surface area contributed by atoms with E-state index >= 15 is 0 Å². The van der Waals surface area contributed by atoms with Gasteiger partial charge in [0, 0.05) is 18.7 Å². The van der Waals surface area contributed by atoms with E-state index in [-0.39, 0.29) is 23.2 Å². The largest absolute Gasteiger partial charge is 0.393 e. The molecule has 0 bridgehead atoms. The Morgan fingerprint density at radius 2 is 1.94 bits per heavy atom. The number of hydrogen-bond acceptors (Lipinski definition) is 6. The first-order chi connectivity index (χ1) is 14.7. The lowest BCUT2D eigenvalue weighted by atomic mass is 9.96. The maximum absolute atomic E-state index is 13.3. The third kappa shape index (κ3) is 4.02. The van der Waals surface area contributed by atoms with Gasteiger partial charge in [-0.05, 0) is 80.5 Å². The van der Waals surface area contributed by atoms with Crippen molar-refractivity contribution in [2.75, 3.05) is 13.1 Å². The second-order valence-corrected chi connectivity index (χ2v) is 9.38. The minimum atomic E-state index is -0.387. The molecule has 1 saturated heterocycles. The van der Waals surface area contributed by atoms with Gasteiger partial charge in [0.15, 0.2) is 5.82 Å². The van der Waals surface area contributed by atoms with Crippen LogP contribution in [0.15, 0.2) is 23.0 Å². The lowest BCUT2D eigenvalue weighted by molar-refractivity contribution is 0.0644. The summed E-state index contributed by atoms with van der Waals surface area (Å²) in [6, 6.07) is 5.77. The minimum Gasteiger partial charge on any atom is -0.393 e. The van der Waals surface area contributed by atoms with Gasteiger partial charge in [0.25, 0.3) is 5.56 Å². The fraction of sp³-hybridized carbons (Fsp3) is 0.565. The summed E-state index contributed by atoms with van der Waals surface area (Å²) < 4.78 is 1.85. The number of aliphatic hydroxyl groups excluding tert-OH is 1. The summed E-state index contributed by atoms with van der Waals surface area (Å²) in [7, 11) is 0. The molecule has 8 nitrogen and oxygen atoms in total. The number of benzene rings is 1. The second kappa shape index (κ2) is 8.16. The molecule has 3 aromatic rings. The molecule has 31 heavy (non-hydrogen) atoms. The molecule has 0 unspecified atom stereocenters. The number of tetrazole rings is 1. The number of pyridine rings is 1. The summed E-state index contributed by atoms with van der Waals surface area (Å²) in [5.74, 6) is 0.664. The van der Waals surface area contributed by atoms with Gasteiger partial charge in [-0.15, -0.1) is 5.10 Å². The number of nitrogens with one attached hydrogen (secondary N) is 1. The number of aromatic nitrogens is 5. The van der Waals surface area contributed by atoms with Gasteiger partial charge in [-0.3, -0.25) is 9.69 Å². The molecule has 0 saturated carbocycles. The summed E-state index contributed by atoms with van der Waals surface area (Å²) in [6.45, 7) is 11.7. The van der Waals surface area contributed by atoms with Crippen LogP contribution < -0.4 is 5.56 Å². The molecule has 1 aliphatic rings. The van der Waals surface area contributed by atoms with Crippen molar-refractivity contribution in [1.29, 1.82) is 0 Å². The average molecular weight is 425 g/mol. The number of piperidine rings is 1. The van der Waals surface area contributed by atoms with Gasteiger partial charge >= 0.3 is 0 Å². The summed E-state index contributed by atoms with van der Waals surface area (Å²) in [5.41, 5.74) is 3.28. The number of aromatic amines is 1. The van der Waals surface area contributed by atoms with Gasteiger partial charge < -0.3 is 10.1 Å². The zero-order valence-electron chi connectivity index (χ0n) is 19.0. The fourth-order valence-electron chi connectivity index (χ4n) is 4.50. The standard InChI is InChI=1S/C23H32N6O2/c1-6-23(4,5)29-21(25-26-27-29)20(28-9-7-17(30)8-10-28)18-13-16-12-14(2)11-15(3)19(16)24-22(18)31/h11-13,17,20,30H,6-10H2,1-5H3,(H,24,31)/t20-/m1/s1. The topological polar surface area (TPSA) is 99.9 Å². The molecule has 3 heterocycles. The second-order valence-electron chi connectivity index (χ2n) is 9.38. The highest BCUT2D eigenvalue weighted by Crippen LogP contribution is 2.32. The Morgan fingerprint density at radius 1 is 1.23 bits per heavy atom. The molecule has 166 valence electrons. The lowest BCUT2D eigenvalue weighted by Gasteiger charge is -2.36. The smallest absolute Gasteiger partial charge is 0.253 e. The van der Waals surface area contributed by atoms with Crippen LogP contribution in [0.25, 0.3) is 10.9 Å². The van der Waals surface area contributed by atoms with E-state index in [9.17, 15) is 9.90 Å². The zero-order chi connectivity index (χ0) is 22.3. The maximum Gasteiger partial charge on any atom is 0.253 e. The number of aliphatic hydroxyl groups is 1. The highest BCUT2D eigenvalue weighted by atomic mass is 16.3. The van der Waals surface area contributed by atoms with E-state index in [1.54, 1.807) is 0 Å². The van der Waals surface area contributed by atoms with Crippen LogP contribution in [0.4, 0.5) is 0 Å². The van der Waals surface area contributed by atoms with Crippen molar-refractivity contribution in [3.05, 3.63) is 51.1 Å². The highest BCUT2D eigenvalue weighted by molar-refractivity contribution is 5.83. The monoisotopic (exact) mass is 424 g/mol. The van der Waals surface area contributed by atoms with Crippen molar-refractivity contribution >= 4 is 10.9 Å². The van der Waals surface area contributed by atoms with E-state index in [4.69, 9.17) is 0 Å². The third-order valence-corrected chi connectivity index (χ3v) is 6.66. The molecule has 4 rings (SSSR count). The van der Waals surface area contributed by atoms with E-state index in [1.807, 2.05) is 17.7 Å². The van der Waals surface area contributed by atoms with Crippen LogP contribution in [0.3, 0.4) is 0 Å². The van der Waals surface area contributed by atoms with Crippen molar-refractivity contribution in [2.45, 2.75) is 71.6 Å². The molecule has 0 radical (unpaired) electrons. The van der Waals surface area contributed by atoms with Gasteiger partial charge in [0.1, 0.15) is 6.04 Å². The molecule has 8 heteroatoms. The average Bonchev–Trinajstić information content (AvgIpc) is 3.21. The molecular formula is C23H32N6O2. The van der Waals surface area contributed by atoms with E-state index in [0.717, 1.165) is 28.5 Å². The van der Waals surface area contributed by atoms with Gasteiger partial charge in [0.05, 0.1) is 17.2 Å². The quantitative estimate of drug-likeness (QED) is 0.653. The molecule has 0 spiro atoms. The number of hydrogen-bond donors (Lipinski definition) is 2. The molecule has 0 amide bonds. The Bertz CT molecular complexity index is 1140.